The van der Waals surface area contributed by atoms with Gasteiger partial charge in [0.15, 0.2) is 0 Å². The van der Waals surface area contributed by atoms with Gasteiger partial charge < -0.3 is 10.1 Å². The van der Waals surface area contributed by atoms with Crippen LogP contribution in [-0.2, 0) is 6.42 Å². The van der Waals surface area contributed by atoms with Crippen LogP contribution in [0.3, 0.4) is 0 Å². The van der Waals surface area contributed by atoms with Gasteiger partial charge in [-0.05, 0) is 31.0 Å². The number of hydrogen-bond donors (Lipinski definition) is 1. The molecule has 1 aliphatic heterocycles. The van der Waals surface area contributed by atoms with Gasteiger partial charge >= 0.3 is 0 Å². The largest absolute Gasteiger partial charge is 0.493 e. The smallest absolute Gasteiger partial charge is 0.261 e. The van der Waals surface area contributed by atoms with Crippen LogP contribution in [0.25, 0.3) is 0 Å². The molecule has 0 saturated heterocycles. The van der Waals surface area contributed by atoms with Crippen molar-refractivity contribution in [2.45, 2.75) is 32.7 Å². The molecule has 0 bridgehead atoms. The van der Waals surface area contributed by atoms with Crippen LogP contribution >= 0.6 is 11.3 Å². The van der Waals surface area contributed by atoms with Gasteiger partial charge in [0.2, 0.25) is 0 Å². The minimum Gasteiger partial charge on any atom is -0.493 e. The van der Waals surface area contributed by atoms with E-state index >= 15 is 0 Å². The fourth-order valence-corrected chi connectivity index (χ4v) is 3.72. The van der Waals surface area contributed by atoms with Gasteiger partial charge in [-0.3, -0.25) is 4.79 Å². The van der Waals surface area contributed by atoms with Crippen molar-refractivity contribution in [1.82, 2.24) is 5.32 Å². The summed E-state index contributed by atoms with van der Waals surface area (Å²) in [5.74, 6) is 0.898. The number of nitrogens with one attached hydrogen (secondary N) is 1. The lowest BCUT2D eigenvalue weighted by molar-refractivity contribution is 0.0929. The van der Waals surface area contributed by atoms with Crippen molar-refractivity contribution in [3.63, 3.8) is 0 Å². The normalized spacial score (nSPS) is 17.0. The van der Waals surface area contributed by atoms with E-state index in [-0.39, 0.29) is 11.9 Å². The summed E-state index contributed by atoms with van der Waals surface area (Å²) < 4.78 is 5.63. The van der Waals surface area contributed by atoms with Crippen LogP contribution in [0, 0.1) is 6.92 Å². The number of ether oxygens (including phenoxy) is 1. The van der Waals surface area contributed by atoms with Crippen LogP contribution in [-0.4, -0.2) is 12.5 Å². The highest BCUT2D eigenvalue weighted by Crippen LogP contribution is 2.32. The predicted molar refractivity (Wildman–Crippen MR) is 85.2 cm³/mol. The van der Waals surface area contributed by atoms with Gasteiger partial charge in [-0.1, -0.05) is 25.1 Å². The van der Waals surface area contributed by atoms with Crippen molar-refractivity contribution < 1.29 is 9.53 Å². The number of aryl methyl sites for hydroxylation is 2. The first-order valence-corrected chi connectivity index (χ1v) is 8.12. The minimum atomic E-state index is 0.0181. The summed E-state index contributed by atoms with van der Waals surface area (Å²) in [5, 5.41) is 3.15. The molecule has 1 N–H and O–H groups in total. The zero-order chi connectivity index (χ0) is 14.8. The molecule has 2 heterocycles. The summed E-state index contributed by atoms with van der Waals surface area (Å²) in [6.45, 7) is 4.83. The third kappa shape index (κ3) is 2.81. The Morgan fingerprint density at radius 2 is 2.24 bits per heavy atom. The maximum Gasteiger partial charge on any atom is 0.261 e. The van der Waals surface area contributed by atoms with Gasteiger partial charge in [-0.25, -0.2) is 0 Å². The minimum absolute atomic E-state index is 0.0181. The maximum absolute atomic E-state index is 12.5. The first-order valence-electron chi connectivity index (χ1n) is 7.31. The summed E-state index contributed by atoms with van der Waals surface area (Å²) in [6, 6.07) is 9.95. The Kier molecular flexibility index (Phi) is 3.97. The molecule has 1 aromatic carbocycles. The summed E-state index contributed by atoms with van der Waals surface area (Å²) in [6.07, 6.45) is 1.79. The van der Waals surface area contributed by atoms with Crippen LogP contribution in [0.5, 0.6) is 5.75 Å². The SMILES string of the molecule is CCc1sc(C(=O)N[C@H]2CCOc3ccccc32)cc1C. The first-order chi connectivity index (χ1) is 10.2. The third-order valence-electron chi connectivity index (χ3n) is 3.83. The standard InChI is InChI=1S/C17H19NO2S/c1-3-15-11(2)10-16(21-15)17(19)18-13-8-9-20-14-7-5-4-6-12(13)14/h4-7,10,13H,3,8-9H2,1-2H3,(H,18,19)/t13-/m0/s1. The van der Waals surface area contributed by atoms with Crippen LogP contribution in [0.15, 0.2) is 30.3 Å². The summed E-state index contributed by atoms with van der Waals surface area (Å²) >= 11 is 1.59. The third-order valence-corrected chi connectivity index (χ3v) is 5.21. The van der Waals surface area contributed by atoms with Crippen LogP contribution in [0.4, 0.5) is 0 Å². The van der Waals surface area contributed by atoms with Gasteiger partial charge in [0, 0.05) is 16.9 Å². The molecular weight excluding hydrogens is 282 g/mol. The van der Waals surface area contributed by atoms with Crippen molar-refractivity contribution >= 4 is 17.2 Å². The van der Waals surface area contributed by atoms with Gasteiger partial charge in [0.25, 0.3) is 5.91 Å². The topological polar surface area (TPSA) is 38.3 Å². The molecule has 3 rings (SSSR count). The Balaban J connectivity index is 1.79. The highest BCUT2D eigenvalue weighted by atomic mass is 32.1. The number of rotatable bonds is 3. The Hall–Kier alpha value is -1.81. The quantitative estimate of drug-likeness (QED) is 0.934. The van der Waals surface area contributed by atoms with Crippen LogP contribution in [0.1, 0.15) is 45.1 Å². The number of carbonyl (C=O) groups is 1. The average Bonchev–Trinajstić information content (AvgIpc) is 2.89. The Labute approximate surface area is 129 Å². The number of amides is 1. The van der Waals surface area contributed by atoms with Crippen molar-refractivity contribution in [1.29, 1.82) is 0 Å². The molecule has 1 atom stereocenters. The Bertz CT molecular complexity index is 663. The van der Waals surface area contributed by atoms with Gasteiger partial charge in [0.1, 0.15) is 5.75 Å². The second kappa shape index (κ2) is 5.90. The maximum atomic E-state index is 12.5. The number of benzene rings is 1. The molecule has 3 nitrogen and oxygen atoms in total. The van der Waals surface area contributed by atoms with E-state index < -0.39 is 0 Å². The van der Waals surface area contributed by atoms with E-state index in [0.29, 0.717) is 6.61 Å². The second-order valence-corrected chi connectivity index (χ2v) is 6.41. The van der Waals surface area contributed by atoms with E-state index in [1.54, 1.807) is 11.3 Å². The molecule has 4 heteroatoms. The lowest BCUT2D eigenvalue weighted by Gasteiger charge is -2.26. The zero-order valence-corrected chi connectivity index (χ0v) is 13.1. The fraction of sp³-hybridized carbons (Fsp3) is 0.353. The highest BCUT2D eigenvalue weighted by molar-refractivity contribution is 7.14. The van der Waals surface area contributed by atoms with E-state index in [1.807, 2.05) is 30.3 Å². The molecule has 0 fully saturated rings. The highest BCUT2D eigenvalue weighted by Gasteiger charge is 2.23. The molecule has 1 aromatic heterocycles. The van der Waals surface area contributed by atoms with E-state index in [0.717, 1.165) is 29.0 Å². The summed E-state index contributed by atoms with van der Waals surface area (Å²) in [5.41, 5.74) is 2.28. The molecule has 1 aliphatic rings. The summed E-state index contributed by atoms with van der Waals surface area (Å²) in [7, 11) is 0. The molecule has 1 amide bonds. The molecule has 0 aliphatic carbocycles. The number of hydrogen-bond acceptors (Lipinski definition) is 3. The molecular formula is C17H19NO2S. The van der Waals surface area contributed by atoms with Crippen molar-refractivity contribution in [2.24, 2.45) is 0 Å². The second-order valence-electron chi connectivity index (χ2n) is 5.27. The van der Waals surface area contributed by atoms with E-state index in [9.17, 15) is 4.79 Å². The number of fused-ring (bicyclic) bond motifs is 1. The lowest BCUT2D eigenvalue weighted by atomic mass is 10.0. The molecule has 2 aromatic rings. The molecule has 0 saturated carbocycles. The Morgan fingerprint density at radius 1 is 1.43 bits per heavy atom. The fourth-order valence-electron chi connectivity index (χ4n) is 2.70. The number of para-hydroxylation sites is 1. The van der Waals surface area contributed by atoms with E-state index in [2.05, 4.69) is 19.2 Å². The van der Waals surface area contributed by atoms with Gasteiger partial charge in [-0.2, -0.15) is 0 Å². The first kappa shape index (κ1) is 14.1. The monoisotopic (exact) mass is 301 g/mol. The predicted octanol–water partition coefficient (Wildman–Crippen LogP) is 3.87. The molecule has 110 valence electrons. The Morgan fingerprint density at radius 3 is 3.00 bits per heavy atom. The molecule has 0 spiro atoms. The van der Waals surface area contributed by atoms with Gasteiger partial charge in [-0.15, -0.1) is 11.3 Å². The lowest BCUT2D eigenvalue weighted by Crippen LogP contribution is -2.31. The van der Waals surface area contributed by atoms with Crippen LogP contribution in [0.2, 0.25) is 0 Å². The molecule has 0 unspecified atom stereocenters. The number of thiophene rings is 1. The molecule has 0 radical (unpaired) electrons. The van der Waals surface area contributed by atoms with Crippen LogP contribution < -0.4 is 10.1 Å². The van der Waals surface area contributed by atoms with E-state index in [1.165, 1.54) is 10.4 Å². The van der Waals surface area contributed by atoms with E-state index in [4.69, 9.17) is 4.74 Å². The van der Waals surface area contributed by atoms with Crippen molar-refractivity contribution in [2.75, 3.05) is 6.61 Å². The summed E-state index contributed by atoms with van der Waals surface area (Å²) in [4.78, 5) is 14.5. The zero-order valence-electron chi connectivity index (χ0n) is 12.3. The number of carbonyl (C=O) groups excluding carboxylic acids is 1. The average molecular weight is 301 g/mol. The van der Waals surface area contributed by atoms with Gasteiger partial charge in [0.05, 0.1) is 17.5 Å². The molecule has 21 heavy (non-hydrogen) atoms. The van der Waals surface area contributed by atoms with Crippen molar-refractivity contribution in [3.05, 3.63) is 51.2 Å². The van der Waals surface area contributed by atoms with Crippen molar-refractivity contribution in [3.8, 4) is 5.75 Å².